The van der Waals surface area contributed by atoms with E-state index in [9.17, 15) is 9.59 Å². The van der Waals surface area contributed by atoms with Crippen LogP contribution in [-0.2, 0) is 19.7 Å². The van der Waals surface area contributed by atoms with Gasteiger partial charge in [0, 0.05) is 50.1 Å². The fourth-order valence-electron chi connectivity index (χ4n) is 6.05. The second-order valence-corrected chi connectivity index (χ2v) is 10.0. The van der Waals surface area contributed by atoms with Gasteiger partial charge in [0.2, 0.25) is 5.91 Å². The number of anilines is 1. The van der Waals surface area contributed by atoms with Gasteiger partial charge < -0.3 is 24.2 Å². The molecule has 0 saturated carbocycles. The van der Waals surface area contributed by atoms with Crippen molar-refractivity contribution in [2.45, 2.75) is 63.5 Å². The first kappa shape index (κ1) is 21.7. The number of likely N-dealkylation sites (tertiary alicyclic amines) is 2. The van der Waals surface area contributed by atoms with E-state index in [0.29, 0.717) is 19.3 Å². The third-order valence-electron chi connectivity index (χ3n) is 8.00. The summed E-state index contributed by atoms with van der Waals surface area (Å²) in [5.74, 6) is 0.137. The Morgan fingerprint density at radius 3 is 2.50 bits per heavy atom. The van der Waals surface area contributed by atoms with E-state index in [4.69, 9.17) is 9.47 Å². The lowest BCUT2D eigenvalue weighted by atomic mass is 9.73. The van der Waals surface area contributed by atoms with Gasteiger partial charge in [-0.2, -0.15) is 0 Å². The van der Waals surface area contributed by atoms with E-state index in [0.717, 1.165) is 70.5 Å². The molecule has 3 saturated heterocycles. The first-order chi connectivity index (χ1) is 15.4. The minimum atomic E-state index is -0.182. The van der Waals surface area contributed by atoms with Gasteiger partial charge in [-0.3, -0.25) is 4.79 Å². The maximum atomic E-state index is 12.4. The molecular weight excluding hydrogens is 406 g/mol. The number of piperidine rings is 2. The molecule has 4 heterocycles. The summed E-state index contributed by atoms with van der Waals surface area (Å²) in [5.41, 5.74) is 3.81. The van der Waals surface area contributed by atoms with Crippen molar-refractivity contribution in [3.05, 3.63) is 29.3 Å². The van der Waals surface area contributed by atoms with Crippen LogP contribution in [-0.4, -0.2) is 79.9 Å². The number of rotatable bonds is 2. The summed E-state index contributed by atoms with van der Waals surface area (Å²) >= 11 is 0. The van der Waals surface area contributed by atoms with Crippen LogP contribution in [0.3, 0.4) is 0 Å². The Morgan fingerprint density at radius 1 is 1.09 bits per heavy atom. The highest BCUT2D eigenvalue weighted by Gasteiger charge is 2.46. The molecule has 1 spiro atoms. The second-order valence-electron chi connectivity index (χ2n) is 10.0. The number of hydrogen-bond donors (Lipinski definition) is 0. The summed E-state index contributed by atoms with van der Waals surface area (Å²) in [7, 11) is 0. The number of nitrogens with zero attached hydrogens (tertiary/aromatic N) is 3. The summed E-state index contributed by atoms with van der Waals surface area (Å²) in [6.07, 6.45) is 4.71. The van der Waals surface area contributed by atoms with E-state index in [-0.39, 0.29) is 23.5 Å². The second kappa shape index (κ2) is 8.67. The van der Waals surface area contributed by atoms with E-state index in [1.165, 1.54) is 11.1 Å². The molecule has 7 nitrogen and oxygen atoms in total. The fourth-order valence-corrected chi connectivity index (χ4v) is 6.05. The van der Waals surface area contributed by atoms with E-state index in [1.54, 1.807) is 6.92 Å². The van der Waals surface area contributed by atoms with Gasteiger partial charge in [-0.15, -0.1) is 0 Å². The Kier molecular flexibility index (Phi) is 5.88. The highest BCUT2D eigenvalue weighted by atomic mass is 16.6. The summed E-state index contributed by atoms with van der Waals surface area (Å²) in [6, 6.07) is 7.06. The van der Waals surface area contributed by atoms with Crippen molar-refractivity contribution in [2.75, 3.05) is 50.8 Å². The zero-order valence-electron chi connectivity index (χ0n) is 19.3. The van der Waals surface area contributed by atoms with Gasteiger partial charge in [0.15, 0.2) is 0 Å². The largest absolute Gasteiger partial charge is 0.444 e. The summed E-state index contributed by atoms with van der Waals surface area (Å²) < 4.78 is 10.9. The zero-order valence-corrected chi connectivity index (χ0v) is 19.3. The van der Waals surface area contributed by atoms with Gasteiger partial charge in [0.05, 0.1) is 13.2 Å². The summed E-state index contributed by atoms with van der Waals surface area (Å²) in [5, 5.41) is 0. The Balaban J connectivity index is 1.18. The molecule has 7 heteroatoms. The van der Waals surface area contributed by atoms with Gasteiger partial charge in [0.1, 0.15) is 6.10 Å². The molecule has 0 unspecified atom stereocenters. The lowest BCUT2D eigenvalue weighted by Gasteiger charge is -2.45. The van der Waals surface area contributed by atoms with E-state index in [2.05, 4.69) is 30.0 Å². The molecule has 2 amide bonds. The van der Waals surface area contributed by atoms with Crippen LogP contribution in [0.4, 0.5) is 10.5 Å². The lowest BCUT2D eigenvalue weighted by Crippen LogP contribution is -2.52. The molecule has 4 aliphatic heterocycles. The first-order valence-corrected chi connectivity index (χ1v) is 12.1. The van der Waals surface area contributed by atoms with Gasteiger partial charge in [-0.05, 0) is 57.3 Å². The normalized spacial score (nSPS) is 25.9. The van der Waals surface area contributed by atoms with Crippen molar-refractivity contribution in [1.82, 2.24) is 9.80 Å². The lowest BCUT2D eigenvalue weighted by molar-refractivity contribution is -0.116. The van der Waals surface area contributed by atoms with Gasteiger partial charge in [0.25, 0.3) is 0 Å². The van der Waals surface area contributed by atoms with Crippen LogP contribution in [0.2, 0.25) is 0 Å². The topological polar surface area (TPSA) is 62.3 Å². The average molecular weight is 442 g/mol. The number of amides is 2. The molecule has 5 rings (SSSR count). The molecule has 0 aromatic heterocycles. The minimum absolute atomic E-state index is 0.0778. The third kappa shape index (κ3) is 4.01. The highest BCUT2D eigenvalue weighted by molar-refractivity contribution is 5.94. The van der Waals surface area contributed by atoms with E-state index >= 15 is 0 Å². The van der Waals surface area contributed by atoms with Crippen LogP contribution >= 0.6 is 0 Å². The molecule has 174 valence electrons. The SMILES string of the molecule is CC(=O)N1CC2(CCN(C3CCN(C(=O)O[C@H]4CCOC4)CC3)CC2)c2cc(C)ccc21. The van der Waals surface area contributed by atoms with Crippen molar-refractivity contribution in [1.29, 1.82) is 0 Å². The van der Waals surface area contributed by atoms with E-state index in [1.807, 2.05) is 9.80 Å². The maximum absolute atomic E-state index is 12.4. The number of carbonyl (C=O) groups excluding carboxylic acids is 2. The molecule has 0 radical (unpaired) electrons. The number of hydrogen-bond acceptors (Lipinski definition) is 5. The number of benzene rings is 1. The number of aryl methyl sites for hydroxylation is 1. The third-order valence-corrected chi connectivity index (χ3v) is 8.00. The molecular formula is C25H35N3O4. The van der Waals surface area contributed by atoms with Crippen molar-refractivity contribution >= 4 is 17.7 Å². The van der Waals surface area contributed by atoms with Crippen molar-refractivity contribution in [3.8, 4) is 0 Å². The highest BCUT2D eigenvalue weighted by Crippen LogP contribution is 2.47. The quantitative estimate of drug-likeness (QED) is 0.706. The van der Waals surface area contributed by atoms with Crippen LogP contribution in [0.15, 0.2) is 18.2 Å². The minimum Gasteiger partial charge on any atom is -0.444 e. The molecule has 1 aromatic carbocycles. The van der Waals surface area contributed by atoms with Crippen molar-refractivity contribution in [3.63, 3.8) is 0 Å². The average Bonchev–Trinajstić information content (AvgIpc) is 3.41. The molecule has 0 bridgehead atoms. The Bertz CT molecular complexity index is 866. The van der Waals surface area contributed by atoms with Gasteiger partial charge >= 0.3 is 6.09 Å². The maximum Gasteiger partial charge on any atom is 0.410 e. The zero-order chi connectivity index (χ0) is 22.3. The molecule has 4 aliphatic rings. The molecule has 0 N–H and O–H groups in total. The van der Waals surface area contributed by atoms with Crippen molar-refractivity contribution in [2.24, 2.45) is 0 Å². The predicted molar refractivity (Wildman–Crippen MR) is 122 cm³/mol. The van der Waals surface area contributed by atoms with Crippen molar-refractivity contribution < 1.29 is 19.1 Å². The monoisotopic (exact) mass is 441 g/mol. The predicted octanol–water partition coefficient (Wildman–Crippen LogP) is 3.09. The molecule has 0 aliphatic carbocycles. The summed E-state index contributed by atoms with van der Waals surface area (Å²) in [4.78, 5) is 31.2. The van der Waals surface area contributed by atoms with Crippen LogP contribution in [0, 0.1) is 6.92 Å². The van der Waals surface area contributed by atoms with Crippen LogP contribution in [0.1, 0.15) is 50.2 Å². The van der Waals surface area contributed by atoms with Crippen LogP contribution in [0.25, 0.3) is 0 Å². The van der Waals surface area contributed by atoms with Crippen LogP contribution < -0.4 is 4.90 Å². The Morgan fingerprint density at radius 2 is 1.84 bits per heavy atom. The van der Waals surface area contributed by atoms with Crippen LogP contribution in [0.5, 0.6) is 0 Å². The smallest absolute Gasteiger partial charge is 0.410 e. The van der Waals surface area contributed by atoms with Gasteiger partial charge in [-0.1, -0.05) is 17.7 Å². The number of ether oxygens (including phenoxy) is 2. The Hall–Kier alpha value is -2.12. The van der Waals surface area contributed by atoms with E-state index < -0.39 is 0 Å². The molecule has 3 fully saturated rings. The molecule has 32 heavy (non-hydrogen) atoms. The number of fused-ring (bicyclic) bond motifs is 2. The van der Waals surface area contributed by atoms with Gasteiger partial charge in [-0.25, -0.2) is 4.79 Å². The fraction of sp³-hybridized carbons (Fsp3) is 0.680. The Labute approximate surface area is 190 Å². The molecule has 1 atom stereocenters. The summed E-state index contributed by atoms with van der Waals surface area (Å²) in [6.45, 7) is 9.46. The first-order valence-electron chi connectivity index (χ1n) is 12.1. The number of carbonyl (C=O) groups is 2. The standard InChI is InChI=1S/C25H35N3O4/c1-18-3-4-23-22(15-18)25(17-28(23)19(2)29)8-12-26(13-9-25)20-5-10-27(11-6-20)24(30)32-21-7-14-31-16-21/h3-4,15,20-21H,5-14,16-17H2,1-2H3/t21-/m0/s1. The molecule has 1 aromatic rings.